The van der Waals surface area contributed by atoms with E-state index < -0.39 is 0 Å². The van der Waals surface area contributed by atoms with Gasteiger partial charge in [-0.15, -0.1) is 11.8 Å². The molecule has 0 saturated carbocycles. The van der Waals surface area contributed by atoms with Crippen LogP contribution in [-0.4, -0.2) is 30.9 Å². The number of allylic oxidation sites excluding steroid dienone is 2. The van der Waals surface area contributed by atoms with Gasteiger partial charge in [0.05, 0.1) is 11.4 Å². The van der Waals surface area contributed by atoms with Crippen LogP contribution < -0.4 is 5.32 Å². The average Bonchev–Trinajstić information content (AvgIpc) is 2.54. The summed E-state index contributed by atoms with van der Waals surface area (Å²) in [6, 6.07) is 7.51. The molecule has 22 heavy (non-hydrogen) atoms. The van der Waals surface area contributed by atoms with Crippen molar-refractivity contribution in [1.29, 1.82) is 0 Å². The summed E-state index contributed by atoms with van der Waals surface area (Å²) in [5.41, 5.74) is 0. The standard InChI is InChI=1S/C17H20ClNO2S/c1-12(22-15-9-7-14(18)8-10-15)17(20)19-11-13-5-3-4-6-16(13)21-2/h3-10,12-13,16H,11H2,1-2H3,(H,19,20). The van der Waals surface area contributed by atoms with Crippen molar-refractivity contribution in [2.45, 2.75) is 23.2 Å². The van der Waals surface area contributed by atoms with Crippen molar-refractivity contribution in [1.82, 2.24) is 5.32 Å². The van der Waals surface area contributed by atoms with Crippen LogP contribution in [0.2, 0.25) is 5.02 Å². The van der Waals surface area contributed by atoms with Crippen molar-refractivity contribution in [3.63, 3.8) is 0 Å². The zero-order chi connectivity index (χ0) is 15.9. The Hall–Kier alpha value is -1.23. The molecule has 1 aromatic rings. The van der Waals surface area contributed by atoms with E-state index in [1.807, 2.05) is 49.4 Å². The molecule has 2 rings (SSSR count). The highest BCUT2D eigenvalue weighted by atomic mass is 35.5. The van der Waals surface area contributed by atoms with Gasteiger partial charge in [-0.25, -0.2) is 0 Å². The fourth-order valence-electron chi connectivity index (χ4n) is 2.20. The summed E-state index contributed by atoms with van der Waals surface area (Å²) in [5.74, 6) is 0.199. The van der Waals surface area contributed by atoms with Crippen LogP contribution in [0.4, 0.5) is 0 Å². The minimum Gasteiger partial charge on any atom is -0.377 e. The summed E-state index contributed by atoms with van der Waals surface area (Å²) in [5, 5.41) is 3.53. The second kappa shape index (κ2) is 8.42. The first-order valence-corrected chi connectivity index (χ1v) is 8.43. The minimum atomic E-state index is -0.162. The van der Waals surface area contributed by atoms with E-state index in [0.717, 1.165) is 4.90 Å². The molecule has 0 fully saturated rings. The summed E-state index contributed by atoms with van der Waals surface area (Å²) in [7, 11) is 1.68. The van der Waals surface area contributed by atoms with Crippen LogP contribution in [-0.2, 0) is 9.53 Å². The van der Waals surface area contributed by atoms with Crippen molar-refractivity contribution in [2.75, 3.05) is 13.7 Å². The van der Waals surface area contributed by atoms with E-state index in [2.05, 4.69) is 11.4 Å². The molecule has 3 unspecified atom stereocenters. The molecule has 0 aliphatic heterocycles. The lowest BCUT2D eigenvalue weighted by atomic mass is 9.97. The number of carbonyl (C=O) groups is 1. The Morgan fingerprint density at radius 1 is 1.32 bits per heavy atom. The number of nitrogens with one attached hydrogen (secondary N) is 1. The van der Waals surface area contributed by atoms with Crippen LogP contribution in [0.3, 0.4) is 0 Å². The summed E-state index contributed by atoms with van der Waals surface area (Å²) >= 11 is 7.38. The topological polar surface area (TPSA) is 38.3 Å². The maximum absolute atomic E-state index is 12.2. The number of ether oxygens (including phenoxy) is 1. The molecule has 0 heterocycles. The van der Waals surface area contributed by atoms with Gasteiger partial charge in [-0.2, -0.15) is 0 Å². The van der Waals surface area contributed by atoms with E-state index in [4.69, 9.17) is 16.3 Å². The normalized spacial score (nSPS) is 21.6. The van der Waals surface area contributed by atoms with Gasteiger partial charge < -0.3 is 10.1 Å². The Balaban J connectivity index is 1.82. The fraction of sp³-hybridized carbons (Fsp3) is 0.353. The van der Waals surface area contributed by atoms with Crippen LogP contribution >= 0.6 is 23.4 Å². The monoisotopic (exact) mass is 337 g/mol. The molecule has 1 amide bonds. The number of amides is 1. The van der Waals surface area contributed by atoms with Gasteiger partial charge in [-0.3, -0.25) is 4.79 Å². The molecule has 3 nitrogen and oxygen atoms in total. The number of carbonyl (C=O) groups excluding carboxylic acids is 1. The first-order valence-electron chi connectivity index (χ1n) is 7.18. The number of methoxy groups -OCH3 is 1. The maximum atomic E-state index is 12.2. The van der Waals surface area contributed by atoms with Gasteiger partial charge in [-0.05, 0) is 31.2 Å². The zero-order valence-corrected chi connectivity index (χ0v) is 14.2. The zero-order valence-electron chi connectivity index (χ0n) is 12.7. The van der Waals surface area contributed by atoms with Crippen LogP contribution in [0.25, 0.3) is 0 Å². The second-order valence-electron chi connectivity index (χ2n) is 5.09. The predicted octanol–water partition coefficient (Wildman–Crippen LogP) is 3.69. The average molecular weight is 338 g/mol. The maximum Gasteiger partial charge on any atom is 0.233 e. The van der Waals surface area contributed by atoms with E-state index in [1.165, 1.54) is 11.8 Å². The minimum absolute atomic E-state index is 0.0181. The van der Waals surface area contributed by atoms with Crippen LogP contribution in [0, 0.1) is 5.92 Å². The third-order valence-corrected chi connectivity index (χ3v) is 4.84. The molecular weight excluding hydrogens is 318 g/mol. The first kappa shape index (κ1) is 17.1. The third kappa shape index (κ3) is 4.90. The van der Waals surface area contributed by atoms with Gasteiger partial charge in [0.25, 0.3) is 0 Å². The van der Waals surface area contributed by atoms with Crippen LogP contribution in [0.1, 0.15) is 6.92 Å². The number of halogens is 1. The molecule has 1 aliphatic rings. The molecule has 1 aliphatic carbocycles. The highest BCUT2D eigenvalue weighted by molar-refractivity contribution is 8.00. The van der Waals surface area contributed by atoms with E-state index in [-0.39, 0.29) is 23.2 Å². The Labute approximate surface area is 140 Å². The Kier molecular flexibility index (Phi) is 6.55. The molecule has 3 atom stereocenters. The predicted molar refractivity (Wildman–Crippen MR) is 92.3 cm³/mol. The number of rotatable bonds is 6. The van der Waals surface area contributed by atoms with E-state index in [9.17, 15) is 4.79 Å². The molecule has 1 aromatic carbocycles. The highest BCUT2D eigenvalue weighted by Gasteiger charge is 2.20. The molecule has 1 N–H and O–H groups in total. The number of thioether (sulfide) groups is 1. The Bertz CT molecular complexity index is 556. The molecular formula is C17H20ClNO2S. The van der Waals surface area contributed by atoms with Gasteiger partial charge >= 0.3 is 0 Å². The molecule has 0 spiro atoms. The summed E-state index contributed by atoms with van der Waals surface area (Å²) in [4.78, 5) is 13.2. The van der Waals surface area contributed by atoms with Gasteiger partial charge in [0.15, 0.2) is 0 Å². The number of benzene rings is 1. The SMILES string of the molecule is COC1C=CC=CC1CNC(=O)C(C)Sc1ccc(Cl)cc1. The smallest absolute Gasteiger partial charge is 0.233 e. The van der Waals surface area contributed by atoms with Crippen molar-refractivity contribution in [3.8, 4) is 0 Å². The highest BCUT2D eigenvalue weighted by Crippen LogP contribution is 2.25. The lowest BCUT2D eigenvalue weighted by Gasteiger charge is -2.23. The summed E-state index contributed by atoms with van der Waals surface area (Å²) < 4.78 is 5.40. The number of hydrogen-bond acceptors (Lipinski definition) is 3. The number of hydrogen-bond donors (Lipinski definition) is 1. The van der Waals surface area contributed by atoms with Crippen molar-refractivity contribution in [3.05, 3.63) is 53.6 Å². The lowest BCUT2D eigenvalue weighted by Crippen LogP contribution is -2.38. The van der Waals surface area contributed by atoms with E-state index in [1.54, 1.807) is 7.11 Å². The first-order chi connectivity index (χ1) is 10.6. The van der Waals surface area contributed by atoms with Crippen LogP contribution in [0.5, 0.6) is 0 Å². The summed E-state index contributed by atoms with van der Waals surface area (Å²) in [6.45, 7) is 2.47. The van der Waals surface area contributed by atoms with Crippen molar-refractivity contribution >= 4 is 29.3 Å². The molecule has 118 valence electrons. The van der Waals surface area contributed by atoms with Crippen molar-refractivity contribution < 1.29 is 9.53 Å². The van der Waals surface area contributed by atoms with Gasteiger partial charge in [-0.1, -0.05) is 35.9 Å². The van der Waals surface area contributed by atoms with Gasteiger partial charge in [0.2, 0.25) is 5.91 Å². The van der Waals surface area contributed by atoms with Gasteiger partial charge in [0.1, 0.15) is 0 Å². The third-order valence-electron chi connectivity index (χ3n) is 3.47. The van der Waals surface area contributed by atoms with E-state index in [0.29, 0.717) is 11.6 Å². The van der Waals surface area contributed by atoms with E-state index >= 15 is 0 Å². The molecule has 0 bridgehead atoms. The molecule has 0 radical (unpaired) electrons. The lowest BCUT2D eigenvalue weighted by molar-refractivity contribution is -0.120. The quantitative estimate of drug-likeness (QED) is 0.804. The van der Waals surface area contributed by atoms with Crippen LogP contribution in [0.15, 0.2) is 53.5 Å². The molecule has 5 heteroatoms. The second-order valence-corrected chi connectivity index (χ2v) is 6.94. The van der Waals surface area contributed by atoms with Gasteiger partial charge in [0, 0.05) is 29.5 Å². The van der Waals surface area contributed by atoms with Crippen molar-refractivity contribution in [2.24, 2.45) is 5.92 Å². The Morgan fingerprint density at radius 2 is 2.00 bits per heavy atom. The molecule has 0 saturated heterocycles. The summed E-state index contributed by atoms with van der Waals surface area (Å²) in [6.07, 6.45) is 8.03. The molecule has 0 aromatic heterocycles. The Morgan fingerprint density at radius 3 is 2.68 bits per heavy atom. The fourth-order valence-corrected chi connectivity index (χ4v) is 3.22. The largest absolute Gasteiger partial charge is 0.377 e.